The molecular weight excluding hydrogens is 327 g/mol. The van der Waals surface area contributed by atoms with Gasteiger partial charge in [0.15, 0.2) is 11.5 Å². The van der Waals surface area contributed by atoms with Crippen molar-refractivity contribution in [2.45, 2.75) is 0 Å². The number of anilines is 1. The average molecular weight is 339 g/mol. The van der Waals surface area contributed by atoms with Gasteiger partial charge in [0, 0.05) is 10.0 Å². The van der Waals surface area contributed by atoms with Gasteiger partial charge in [0.1, 0.15) is 5.82 Å². The summed E-state index contributed by atoms with van der Waals surface area (Å²) >= 11 is 3.32. The molecule has 0 amide bonds. The van der Waals surface area contributed by atoms with Gasteiger partial charge in [-0.3, -0.25) is 5.43 Å². The maximum absolute atomic E-state index is 12.7. The number of ether oxygens (including phenoxy) is 1. The summed E-state index contributed by atoms with van der Waals surface area (Å²) in [5, 5.41) is 13.9. The summed E-state index contributed by atoms with van der Waals surface area (Å²) in [6, 6.07) is 9.14. The van der Waals surface area contributed by atoms with Crippen LogP contribution in [0.4, 0.5) is 10.1 Å². The molecule has 0 spiro atoms. The van der Waals surface area contributed by atoms with Gasteiger partial charge in [-0.25, -0.2) is 4.39 Å². The van der Waals surface area contributed by atoms with E-state index in [1.165, 1.54) is 25.5 Å². The number of hydrazone groups is 1. The predicted molar refractivity (Wildman–Crippen MR) is 80.0 cm³/mol. The van der Waals surface area contributed by atoms with E-state index < -0.39 is 0 Å². The first-order valence-electron chi connectivity index (χ1n) is 5.71. The minimum Gasteiger partial charge on any atom is -0.504 e. The minimum absolute atomic E-state index is 0.000330. The number of nitrogens with zero attached hydrogens (tertiary/aromatic N) is 1. The highest BCUT2D eigenvalue weighted by molar-refractivity contribution is 9.10. The summed E-state index contributed by atoms with van der Waals surface area (Å²) in [6.45, 7) is 0. The lowest BCUT2D eigenvalue weighted by molar-refractivity contribution is 0.373. The zero-order chi connectivity index (χ0) is 14.5. The van der Waals surface area contributed by atoms with Crippen molar-refractivity contribution >= 4 is 27.8 Å². The molecule has 20 heavy (non-hydrogen) atoms. The average Bonchev–Trinajstić information content (AvgIpc) is 2.44. The maximum atomic E-state index is 12.7. The molecule has 0 fully saturated rings. The molecule has 0 heterocycles. The van der Waals surface area contributed by atoms with Crippen molar-refractivity contribution in [3.8, 4) is 11.5 Å². The first kappa shape index (κ1) is 14.3. The lowest BCUT2D eigenvalue weighted by Gasteiger charge is -2.06. The molecule has 6 heteroatoms. The zero-order valence-electron chi connectivity index (χ0n) is 10.6. The predicted octanol–water partition coefficient (Wildman–Crippen LogP) is 3.75. The number of aromatic hydroxyl groups is 1. The highest BCUT2D eigenvalue weighted by Gasteiger charge is 2.07. The Kier molecular flexibility index (Phi) is 4.57. The molecule has 2 aromatic carbocycles. The Balaban J connectivity index is 2.15. The van der Waals surface area contributed by atoms with Crippen LogP contribution in [-0.4, -0.2) is 18.4 Å². The number of hydrogen-bond donors (Lipinski definition) is 2. The number of halogens is 2. The van der Waals surface area contributed by atoms with Crippen molar-refractivity contribution in [2.75, 3.05) is 12.5 Å². The van der Waals surface area contributed by atoms with Gasteiger partial charge < -0.3 is 9.84 Å². The minimum atomic E-state index is -0.311. The summed E-state index contributed by atoms with van der Waals surface area (Å²) < 4.78 is 18.5. The van der Waals surface area contributed by atoms with Crippen molar-refractivity contribution in [3.05, 3.63) is 52.3 Å². The summed E-state index contributed by atoms with van der Waals surface area (Å²) in [5.41, 5.74) is 3.87. The summed E-state index contributed by atoms with van der Waals surface area (Å²) in [7, 11) is 1.47. The van der Waals surface area contributed by atoms with E-state index in [0.29, 0.717) is 17.0 Å². The van der Waals surface area contributed by atoms with Gasteiger partial charge in [0.25, 0.3) is 0 Å². The van der Waals surface area contributed by atoms with E-state index in [0.717, 1.165) is 4.47 Å². The van der Waals surface area contributed by atoms with E-state index in [2.05, 4.69) is 26.5 Å². The number of phenols is 1. The van der Waals surface area contributed by atoms with Crippen LogP contribution in [0.1, 0.15) is 5.56 Å². The molecule has 0 bridgehead atoms. The van der Waals surface area contributed by atoms with Crippen molar-refractivity contribution in [3.63, 3.8) is 0 Å². The Morgan fingerprint density at radius 3 is 2.65 bits per heavy atom. The second-order valence-corrected chi connectivity index (χ2v) is 4.84. The van der Waals surface area contributed by atoms with E-state index in [4.69, 9.17) is 4.74 Å². The Labute approximate surface area is 124 Å². The quantitative estimate of drug-likeness (QED) is 0.659. The van der Waals surface area contributed by atoms with Crippen molar-refractivity contribution in [1.29, 1.82) is 0 Å². The third-order valence-corrected chi connectivity index (χ3v) is 2.99. The van der Waals surface area contributed by atoms with Gasteiger partial charge in [-0.2, -0.15) is 5.10 Å². The SMILES string of the molecule is COc1cc(Br)cc(C=NNc2ccc(F)cc2)c1O. The van der Waals surface area contributed by atoms with Crippen LogP contribution < -0.4 is 10.2 Å². The van der Waals surface area contributed by atoms with Gasteiger partial charge in [-0.05, 0) is 36.4 Å². The molecule has 0 aliphatic carbocycles. The first-order chi connectivity index (χ1) is 9.60. The number of nitrogens with one attached hydrogen (secondary N) is 1. The fourth-order valence-corrected chi connectivity index (χ4v) is 2.00. The molecule has 2 aromatic rings. The van der Waals surface area contributed by atoms with Crippen LogP contribution in [0.25, 0.3) is 0 Å². The van der Waals surface area contributed by atoms with Crippen LogP contribution in [0.2, 0.25) is 0 Å². The van der Waals surface area contributed by atoms with Crippen LogP contribution >= 0.6 is 15.9 Å². The molecule has 4 nitrogen and oxygen atoms in total. The fourth-order valence-electron chi connectivity index (χ4n) is 1.55. The number of phenolic OH excluding ortho intramolecular Hbond substituents is 1. The monoisotopic (exact) mass is 338 g/mol. The second kappa shape index (κ2) is 6.38. The van der Waals surface area contributed by atoms with Crippen LogP contribution in [0.5, 0.6) is 11.5 Å². The van der Waals surface area contributed by atoms with Gasteiger partial charge in [-0.1, -0.05) is 15.9 Å². The Morgan fingerprint density at radius 1 is 1.30 bits per heavy atom. The zero-order valence-corrected chi connectivity index (χ0v) is 12.2. The third kappa shape index (κ3) is 3.48. The Hall–Kier alpha value is -2.08. The number of hydrogen-bond acceptors (Lipinski definition) is 4. The van der Waals surface area contributed by atoms with E-state index >= 15 is 0 Å². The maximum Gasteiger partial charge on any atom is 0.166 e. The molecule has 0 radical (unpaired) electrons. The fraction of sp³-hybridized carbons (Fsp3) is 0.0714. The molecule has 0 unspecified atom stereocenters. The third-order valence-electron chi connectivity index (χ3n) is 2.53. The molecular formula is C14H12BrFN2O2. The molecule has 0 saturated carbocycles. The molecule has 0 saturated heterocycles. The van der Waals surface area contributed by atoms with Crippen LogP contribution in [-0.2, 0) is 0 Å². The van der Waals surface area contributed by atoms with Crippen LogP contribution in [0.15, 0.2) is 46.0 Å². The number of methoxy groups -OCH3 is 1. The van der Waals surface area contributed by atoms with Crippen LogP contribution in [0, 0.1) is 5.82 Å². The molecule has 0 atom stereocenters. The van der Waals surface area contributed by atoms with Crippen molar-refractivity contribution in [1.82, 2.24) is 0 Å². The summed E-state index contributed by atoms with van der Waals surface area (Å²) in [5.74, 6) is 0.0388. The van der Waals surface area contributed by atoms with Crippen molar-refractivity contribution < 1.29 is 14.2 Å². The van der Waals surface area contributed by atoms with Gasteiger partial charge in [0.05, 0.1) is 19.0 Å². The lowest BCUT2D eigenvalue weighted by atomic mass is 10.2. The standard InChI is InChI=1S/C14H12BrFN2O2/c1-20-13-7-10(15)6-9(14(13)19)8-17-18-12-4-2-11(16)3-5-12/h2-8,18-19H,1H3. The molecule has 0 aromatic heterocycles. The second-order valence-electron chi connectivity index (χ2n) is 3.92. The Bertz CT molecular complexity index is 630. The number of benzene rings is 2. The van der Waals surface area contributed by atoms with E-state index in [1.807, 2.05) is 0 Å². The summed E-state index contributed by atoms with van der Waals surface area (Å²) in [4.78, 5) is 0. The highest BCUT2D eigenvalue weighted by atomic mass is 79.9. The van der Waals surface area contributed by atoms with E-state index in [9.17, 15) is 9.50 Å². The summed E-state index contributed by atoms with van der Waals surface area (Å²) in [6.07, 6.45) is 1.45. The molecule has 0 aliphatic rings. The largest absolute Gasteiger partial charge is 0.504 e. The first-order valence-corrected chi connectivity index (χ1v) is 6.50. The molecule has 2 rings (SSSR count). The smallest absolute Gasteiger partial charge is 0.166 e. The number of rotatable bonds is 4. The highest BCUT2D eigenvalue weighted by Crippen LogP contribution is 2.32. The van der Waals surface area contributed by atoms with Crippen molar-refractivity contribution in [2.24, 2.45) is 5.10 Å². The van der Waals surface area contributed by atoms with E-state index in [1.54, 1.807) is 24.3 Å². The van der Waals surface area contributed by atoms with E-state index in [-0.39, 0.29) is 11.6 Å². The van der Waals surface area contributed by atoms with Gasteiger partial charge in [0.2, 0.25) is 0 Å². The molecule has 104 valence electrons. The van der Waals surface area contributed by atoms with Crippen LogP contribution in [0.3, 0.4) is 0 Å². The molecule has 0 aliphatic heterocycles. The Morgan fingerprint density at radius 2 is 2.00 bits per heavy atom. The lowest BCUT2D eigenvalue weighted by Crippen LogP contribution is -1.93. The van der Waals surface area contributed by atoms with Gasteiger partial charge in [-0.15, -0.1) is 0 Å². The van der Waals surface area contributed by atoms with Gasteiger partial charge >= 0.3 is 0 Å². The topological polar surface area (TPSA) is 53.8 Å². The normalized spacial score (nSPS) is 10.8. The molecule has 2 N–H and O–H groups in total.